The average molecular weight is 318 g/mol. The van der Waals surface area contributed by atoms with E-state index < -0.39 is 0 Å². The fourth-order valence-electron chi connectivity index (χ4n) is 2.42. The number of H-pyrrole nitrogens is 1. The van der Waals surface area contributed by atoms with Crippen molar-refractivity contribution < 1.29 is 4.79 Å². The molecule has 2 aromatic heterocycles. The molecule has 1 amide bonds. The average Bonchev–Trinajstić information content (AvgIpc) is 3.05. The zero-order valence-corrected chi connectivity index (χ0v) is 13.1. The summed E-state index contributed by atoms with van der Waals surface area (Å²) in [4.78, 5) is 15.3. The van der Waals surface area contributed by atoms with Gasteiger partial charge in [-0.05, 0) is 30.7 Å². The minimum absolute atomic E-state index is 0.145. The molecule has 2 heterocycles. The lowest BCUT2D eigenvalue weighted by Crippen LogP contribution is -2.26. The molecule has 6 nitrogen and oxygen atoms in total. The fourth-order valence-corrected chi connectivity index (χ4v) is 2.70. The maximum atomic E-state index is 12.2. The predicted octanol–water partition coefficient (Wildman–Crippen LogP) is 2.23. The largest absolute Gasteiger partial charge is 0.350 e. The summed E-state index contributed by atoms with van der Waals surface area (Å²) in [5, 5.41) is 12.3. The van der Waals surface area contributed by atoms with Crippen LogP contribution in [-0.4, -0.2) is 32.2 Å². The van der Waals surface area contributed by atoms with Gasteiger partial charge in [0.1, 0.15) is 17.8 Å². The van der Waals surface area contributed by atoms with Crippen molar-refractivity contribution in [3.63, 3.8) is 0 Å². The number of amides is 1. The summed E-state index contributed by atoms with van der Waals surface area (Å²) in [7, 11) is 1.88. The van der Waals surface area contributed by atoms with Crippen LogP contribution in [-0.2, 0) is 13.5 Å². The van der Waals surface area contributed by atoms with Gasteiger partial charge in [-0.15, -0.1) is 10.2 Å². The Labute approximate surface area is 132 Å². The summed E-state index contributed by atoms with van der Waals surface area (Å²) in [5.41, 5.74) is 2.47. The Morgan fingerprint density at radius 2 is 2.23 bits per heavy atom. The molecule has 22 heavy (non-hydrogen) atoms. The molecule has 0 fully saturated rings. The minimum Gasteiger partial charge on any atom is -0.350 e. The van der Waals surface area contributed by atoms with Crippen molar-refractivity contribution in [1.82, 2.24) is 25.1 Å². The van der Waals surface area contributed by atoms with Gasteiger partial charge in [-0.2, -0.15) is 0 Å². The molecule has 0 aliphatic carbocycles. The van der Waals surface area contributed by atoms with Crippen LogP contribution in [0.15, 0.2) is 24.5 Å². The van der Waals surface area contributed by atoms with Gasteiger partial charge in [-0.3, -0.25) is 4.79 Å². The first-order valence-electron chi connectivity index (χ1n) is 6.94. The molecule has 0 spiro atoms. The maximum absolute atomic E-state index is 12.2. The zero-order valence-electron chi connectivity index (χ0n) is 12.4. The molecule has 2 N–H and O–H groups in total. The molecule has 0 unspecified atom stereocenters. The molecule has 3 aromatic rings. The molecule has 0 saturated heterocycles. The summed E-state index contributed by atoms with van der Waals surface area (Å²) in [6.45, 7) is 2.46. The highest BCUT2D eigenvalue weighted by molar-refractivity contribution is 6.31. The topological polar surface area (TPSA) is 75.6 Å². The lowest BCUT2D eigenvalue weighted by molar-refractivity contribution is 0.0950. The third kappa shape index (κ3) is 2.82. The van der Waals surface area contributed by atoms with E-state index in [0.717, 1.165) is 22.3 Å². The highest BCUT2D eigenvalue weighted by Crippen LogP contribution is 2.23. The van der Waals surface area contributed by atoms with Crippen LogP contribution in [0.3, 0.4) is 0 Å². The predicted molar refractivity (Wildman–Crippen MR) is 85.1 cm³/mol. The molecule has 3 rings (SSSR count). The van der Waals surface area contributed by atoms with Crippen molar-refractivity contribution in [1.29, 1.82) is 0 Å². The molecule has 0 aliphatic rings. The van der Waals surface area contributed by atoms with Gasteiger partial charge in [-0.1, -0.05) is 11.6 Å². The molecule has 114 valence electrons. The third-order valence-corrected chi connectivity index (χ3v) is 3.79. The number of fused-ring (bicyclic) bond motifs is 1. The smallest absolute Gasteiger partial charge is 0.267 e. The number of carbonyl (C=O) groups excluding carboxylic acids is 1. The second kappa shape index (κ2) is 5.81. The first kappa shape index (κ1) is 14.6. The Morgan fingerprint density at radius 3 is 2.95 bits per heavy atom. The number of aryl methyl sites for hydroxylation is 2. The van der Waals surface area contributed by atoms with Crippen molar-refractivity contribution in [3.8, 4) is 0 Å². The van der Waals surface area contributed by atoms with Gasteiger partial charge < -0.3 is 14.9 Å². The Bertz CT molecular complexity index is 836. The Kier molecular flexibility index (Phi) is 3.85. The molecule has 0 radical (unpaired) electrons. The van der Waals surface area contributed by atoms with Crippen LogP contribution in [0.2, 0.25) is 5.02 Å². The standard InChI is InChI=1S/C15H16ClN5O/c1-9-5-11(16)6-10-7-12(19-14(9)10)15(22)17-4-3-13-20-18-8-21(13)2/h5-8,19H,3-4H2,1-2H3,(H,17,22). The molecular weight excluding hydrogens is 302 g/mol. The van der Waals surface area contributed by atoms with Crippen molar-refractivity contribution in [3.05, 3.63) is 46.6 Å². The van der Waals surface area contributed by atoms with Crippen molar-refractivity contribution in [2.75, 3.05) is 6.54 Å². The van der Waals surface area contributed by atoms with E-state index in [1.165, 1.54) is 0 Å². The lowest BCUT2D eigenvalue weighted by Gasteiger charge is -2.03. The normalized spacial score (nSPS) is 11.0. The monoisotopic (exact) mass is 317 g/mol. The van der Waals surface area contributed by atoms with Crippen molar-refractivity contribution >= 4 is 28.4 Å². The number of hydrogen-bond donors (Lipinski definition) is 2. The second-order valence-corrected chi connectivity index (χ2v) is 5.67. The van der Waals surface area contributed by atoms with Crippen LogP contribution >= 0.6 is 11.6 Å². The summed E-state index contributed by atoms with van der Waals surface area (Å²) in [5.74, 6) is 0.688. The van der Waals surface area contributed by atoms with Gasteiger partial charge in [0, 0.05) is 35.9 Å². The number of aromatic nitrogens is 4. The summed E-state index contributed by atoms with van der Waals surface area (Å²) < 4.78 is 1.83. The van der Waals surface area contributed by atoms with E-state index in [2.05, 4.69) is 20.5 Å². The van der Waals surface area contributed by atoms with E-state index in [1.54, 1.807) is 6.33 Å². The van der Waals surface area contributed by atoms with Gasteiger partial charge in [0.15, 0.2) is 0 Å². The highest BCUT2D eigenvalue weighted by Gasteiger charge is 2.11. The SMILES string of the molecule is Cc1cc(Cl)cc2cc(C(=O)NCCc3nncn3C)[nH]c12. The molecule has 0 bridgehead atoms. The molecule has 0 atom stereocenters. The van der Waals surface area contributed by atoms with E-state index in [0.29, 0.717) is 23.7 Å². The van der Waals surface area contributed by atoms with E-state index >= 15 is 0 Å². The Balaban J connectivity index is 1.70. The number of rotatable bonds is 4. The number of halogens is 1. The van der Waals surface area contributed by atoms with Crippen LogP contribution in [0.4, 0.5) is 0 Å². The number of carbonyl (C=O) groups is 1. The number of hydrogen-bond acceptors (Lipinski definition) is 3. The van der Waals surface area contributed by atoms with Crippen LogP contribution in [0.25, 0.3) is 10.9 Å². The van der Waals surface area contributed by atoms with Gasteiger partial charge in [0.05, 0.1) is 0 Å². The molecule has 0 saturated carbocycles. The van der Waals surface area contributed by atoms with E-state index in [4.69, 9.17) is 11.6 Å². The summed E-state index contributed by atoms with van der Waals surface area (Å²) in [6.07, 6.45) is 2.27. The van der Waals surface area contributed by atoms with Gasteiger partial charge in [-0.25, -0.2) is 0 Å². The van der Waals surface area contributed by atoms with Crippen molar-refractivity contribution in [2.24, 2.45) is 7.05 Å². The molecule has 1 aromatic carbocycles. The minimum atomic E-state index is -0.145. The summed E-state index contributed by atoms with van der Waals surface area (Å²) in [6, 6.07) is 5.53. The summed E-state index contributed by atoms with van der Waals surface area (Å²) >= 11 is 6.04. The molecule has 7 heteroatoms. The number of aromatic amines is 1. The highest BCUT2D eigenvalue weighted by atomic mass is 35.5. The van der Waals surface area contributed by atoms with Crippen molar-refractivity contribution in [2.45, 2.75) is 13.3 Å². The fraction of sp³-hybridized carbons (Fsp3) is 0.267. The first-order valence-corrected chi connectivity index (χ1v) is 7.32. The maximum Gasteiger partial charge on any atom is 0.267 e. The van der Waals surface area contributed by atoms with E-state index in [9.17, 15) is 4.79 Å². The number of nitrogens with zero attached hydrogens (tertiary/aromatic N) is 3. The zero-order chi connectivity index (χ0) is 15.7. The van der Waals surface area contributed by atoms with E-state index in [-0.39, 0.29) is 5.91 Å². The molecular formula is C15H16ClN5O. The lowest BCUT2D eigenvalue weighted by atomic mass is 10.2. The van der Waals surface area contributed by atoms with Gasteiger partial charge >= 0.3 is 0 Å². The Morgan fingerprint density at radius 1 is 1.41 bits per heavy atom. The van der Waals surface area contributed by atoms with E-state index in [1.807, 2.05) is 36.7 Å². The third-order valence-electron chi connectivity index (χ3n) is 3.57. The molecule has 0 aliphatic heterocycles. The van der Waals surface area contributed by atoms with Crippen LogP contribution in [0.5, 0.6) is 0 Å². The number of nitrogens with one attached hydrogen (secondary N) is 2. The first-order chi connectivity index (χ1) is 10.5. The quantitative estimate of drug-likeness (QED) is 0.775. The Hall–Kier alpha value is -2.34. The van der Waals surface area contributed by atoms with Gasteiger partial charge in [0.25, 0.3) is 5.91 Å². The van der Waals surface area contributed by atoms with Crippen LogP contribution in [0, 0.1) is 6.92 Å². The second-order valence-electron chi connectivity index (χ2n) is 5.23. The number of benzene rings is 1. The van der Waals surface area contributed by atoms with Gasteiger partial charge in [0.2, 0.25) is 0 Å². The van der Waals surface area contributed by atoms with Crippen LogP contribution < -0.4 is 5.32 Å². The van der Waals surface area contributed by atoms with Crippen LogP contribution in [0.1, 0.15) is 21.9 Å².